The van der Waals surface area contributed by atoms with Crippen LogP contribution in [0, 0.1) is 0 Å². The molecule has 0 saturated heterocycles. The molecule has 0 atom stereocenters. The molecule has 2 aromatic carbocycles. The lowest BCUT2D eigenvalue weighted by Crippen LogP contribution is -2.30. The normalized spacial score (nSPS) is 10.2. The van der Waals surface area contributed by atoms with E-state index < -0.39 is 11.9 Å². The van der Waals surface area contributed by atoms with Gasteiger partial charge in [0.1, 0.15) is 11.3 Å². The molecular weight excluding hydrogens is 365 g/mol. The van der Waals surface area contributed by atoms with Gasteiger partial charge in [-0.15, -0.1) is 0 Å². The predicted octanol–water partition coefficient (Wildman–Crippen LogP) is 3.52. The second-order valence-electron chi connectivity index (χ2n) is 5.15. The van der Waals surface area contributed by atoms with Crippen molar-refractivity contribution in [2.45, 2.75) is 6.42 Å². The van der Waals surface area contributed by atoms with Gasteiger partial charge in [-0.25, -0.2) is 4.79 Å². The van der Waals surface area contributed by atoms with E-state index in [1.165, 1.54) is 13.2 Å². The number of nitrogens with one attached hydrogen (secondary N) is 1. The van der Waals surface area contributed by atoms with Gasteiger partial charge in [0, 0.05) is 16.6 Å². The first-order chi connectivity index (χ1) is 12.0. The summed E-state index contributed by atoms with van der Waals surface area (Å²) in [6.45, 7) is 0.0290. The zero-order chi connectivity index (χ0) is 18.2. The van der Waals surface area contributed by atoms with Crippen LogP contribution >= 0.6 is 23.2 Å². The van der Waals surface area contributed by atoms with E-state index in [1.807, 2.05) is 18.2 Å². The number of benzene rings is 2. The predicted molar refractivity (Wildman–Crippen MR) is 96.5 cm³/mol. The zero-order valence-corrected chi connectivity index (χ0v) is 15.1. The molecule has 7 heteroatoms. The average Bonchev–Trinajstić information content (AvgIpc) is 2.59. The summed E-state index contributed by atoms with van der Waals surface area (Å²) >= 11 is 11.8. The van der Waals surface area contributed by atoms with E-state index in [0.717, 1.165) is 5.56 Å². The molecule has 0 aliphatic heterocycles. The summed E-state index contributed by atoms with van der Waals surface area (Å²) in [5.74, 6) is -0.739. The van der Waals surface area contributed by atoms with E-state index in [2.05, 4.69) is 5.32 Å². The summed E-state index contributed by atoms with van der Waals surface area (Å²) in [5.41, 5.74) is 1.18. The Morgan fingerprint density at radius 2 is 1.84 bits per heavy atom. The van der Waals surface area contributed by atoms with Crippen molar-refractivity contribution in [3.05, 3.63) is 63.6 Å². The lowest BCUT2D eigenvalue weighted by molar-refractivity contribution is -0.124. The third-order valence-corrected chi connectivity index (χ3v) is 3.81. The van der Waals surface area contributed by atoms with Crippen LogP contribution in [0.5, 0.6) is 5.75 Å². The number of hydrogen-bond acceptors (Lipinski definition) is 4. The molecule has 0 radical (unpaired) electrons. The van der Waals surface area contributed by atoms with Crippen molar-refractivity contribution >= 4 is 35.1 Å². The monoisotopic (exact) mass is 381 g/mol. The van der Waals surface area contributed by atoms with E-state index >= 15 is 0 Å². The molecule has 0 heterocycles. The van der Waals surface area contributed by atoms with E-state index in [0.29, 0.717) is 28.8 Å². The van der Waals surface area contributed by atoms with Gasteiger partial charge >= 0.3 is 5.97 Å². The van der Waals surface area contributed by atoms with Crippen molar-refractivity contribution in [1.82, 2.24) is 5.32 Å². The molecule has 1 amide bonds. The van der Waals surface area contributed by atoms with E-state index in [9.17, 15) is 9.59 Å². The first kappa shape index (κ1) is 19.1. The van der Waals surface area contributed by atoms with E-state index in [4.69, 9.17) is 32.7 Å². The number of methoxy groups -OCH3 is 1. The molecule has 0 unspecified atom stereocenters. The van der Waals surface area contributed by atoms with Crippen LogP contribution in [-0.2, 0) is 16.0 Å². The van der Waals surface area contributed by atoms with Crippen LogP contribution in [0.3, 0.4) is 0 Å². The highest BCUT2D eigenvalue weighted by Gasteiger charge is 2.15. The number of ether oxygens (including phenoxy) is 2. The molecule has 2 aromatic rings. The zero-order valence-electron chi connectivity index (χ0n) is 13.6. The standard InChI is InChI=1S/C18H17Cl2NO4/c1-24-16-6-5-14(20)10-15(16)18(23)25-11-17(22)21-8-7-12-3-2-4-13(19)9-12/h2-6,9-10H,7-8,11H2,1H3,(H,21,22). The minimum absolute atomic E-state index is 0.168. The molecule has 0 fully saturated rings. The van der Waals surface area contributed by atoms with Crippen molar-refractivity contribution in [3.63, 3.8) is 0 Å². The fourth-order valence-electron chi connectivity index (χ4n) is 2.14. The maximum atomic E-state index is 12.1. The molecular formula is C18H17Cl2NO4. The number of hydrogen-bond donors (Lipinski definition) is 1. The molecule has 0 saturated carbocycles. The first-order valence-corrected chi connectivity index (χ1v) is 8.27. The third-order valence-electron chi connectivity index (χ3n) is 3.34. The van der Waals surface area contributed by atoms with Gasteiger partial charge in [0.2, 0.25) is 0 Å². The molecule has 25 heavy (non-hydrogen) atoms. The Labute approximate surface area is 155 Å². The van der Waals surface area contributed by atoms with Gasteiger partial charge in [0.05, 0.1) is 7.11 Å². The summed E-state index contributed by atoms with van der Waals surface area (Å²) in [4.78, 5) is 23.8. The minimum atomic E-state index is -0.677. The van der Waals surface area contributed by atoms with Crippen molar-refractivity contribution in [2.75, 3.05) is 20.3 Å². The van der Waals surface area contributed by atoms with Crippen molar-refractivity contribution in [2.24, 2.45) is 0 Å². The molecule has 2 rings (SSSR count). The molecule has 5 nitrogen and oxygen atoms in total. The minimum Gasteiger partial charge on any atom is -0.496 e. The SMILES string of the molecule is COc1ccc(Cl)cc1C(=O)OCC(=O)NCCc1cccc(Cl)c1. The Balaban J connectivity index is 1.80. The lowest BCUT2D eigenvalue weighted by atomic mass is 10.1. The number of carbonyl (C=O) groups excluding carboxylic acids is 2. The van der Waals surface area contributed by atoms with Gasteiger partial charge in [0.25, 0.3) is 5.91 Å². The molecule has 1 N–H and O–H groups in total. The second kappa shape index (κ2) is 9.30. The summed E-state index contributed by atoms with van der Waals surface area (Å²) in [6, 6.07) is 12.0. The van der Waals surface area contributed by atoms with Crippen molar-refractivity contribution < 1.29 is 19.1 Å². The Hall–Kier alpha value is -2.24. The quantitative estimate of drug-likeness (QED) is 0.745. The van der Waals surface area contributed by atoms with Crippen molar-refractivity contribution in [3.8, 4) is 5.75 Å². The van der Waals surface area contributed by atoms with Gasteiger partial charge in [-0.2, -0.15) is 0 Å². The first-order valence-electron chi connectivity index (χ1n) is 7.51. The van der Waals surface area contributed by atoms with Gasteiger partial charge in [-0.05, 0) is 42.3 Å². The highest BCUT2D eigenvalue weighted by molar-refractivity contribution is 6.31. The van der Waals surface area contributed by atoms with Crippen LogP contribution in [0.2, 0.25) is 10.0 Å². The second-order valence-corrected chi connectivity index (χ2v) is 6.02. The lowest BCUT2D eigenvalue weighted by Gasteiger charge is -2.09. The number of amides is 1. The maximum Gasteiger partial charge on any atom is 0.342 e. The highest BCUT2D eigenvalue weighted by atomic mass is 35.5. The van der Waals surface area contributed by atoms with Crippen LogP contribution in [0.25, 0.3) is 0 Å². The van der Waals surface area contributed by atoms with Crippen LogP contribution in [0.15, 0.2) is 42.5 Å². The highest BCUT2D eigenvalue weighted by Crippen LogP contribution is 2.23. The van der Waals surface area contributed by atoms with Gasteiger partial charge in [-0.1, -0.05) is 35.3 Å². The Morgan fingerprint density at radius 3 is 2.56 bits per heavy atom. The Morgan fingerprint density at radius 1 is 1.08 bits per heavy atom. The van der Waals surface area contributed by atoms with Crippen LogP contribution in [0.4, 0.5) is 0 Å². The fraction of sp³-hybridized carbons (Fsp3) is 0.222. The fourth-order valence-corrected chi connectivity index (χ4v) is 2.52. The number of carbonyl (C=O) groups is 2. The van der Waals surface area contributed by atoms with Gasteiger partial charge < -0.3 is 14.8 Å². The smallest absolute Gasteiger partial charge is 0.342 e. The number of halogens is 2. The van der Waals surface area contributed by atoms with Gasteiger partial charge in [-0.3, -0.25) is 4.79 Å². The summed E-state index contributed by atoms with van der Waals surface area (Å²) in [5, 5.41) is 3.70. The largest absolute Gasteiger partial charge is 0.496 e. The van der Waals surface area contributed by atoms with Crippen LogP contribution in [-0.4, -0.2) is 32.1 Å². The summed E-state index contributed by atoms with van der Waals surface area (Å²) < 4.78 is 10.1. The molecule has 132 valence electrons. The third kappa shape index (κ3) is 5.96. The summed E-state index contributed by atoms with van der Waals surface area (Å²) in [7, 11) is 1.43. The topological polar surface area (TPSA) is 64.6 Å². The Kier molecular flexibility index (Phi) is 7.10. The van der Waals surface area contributed by atoms with Crippen LogP contribution in [0.1, 0.15) is 15.9 Å². The molecule has 0 aromatic heterocycles. The van der Waals surface area contributed by atoms with E-state index in [-0.39, 0.29) is 12.2 Å². The van der Waals surface area contributed by atoms with E-state index in [1.54, 1.807) is 18.2 Å². The summed E-state index contributed by atoms with van der Waals surface area (Å²) in [6.07, 6.45) is 0.627. The molecule has 0 bridgehead atoms. The maximum absolute atomic E-state index is 12.1. The van der Waals surface area contributed by atoms with Crippen molar-refractivity contribution in [1.29, 1.82) is 0 Å². The number of esters is 1. The van der Waals surface area contributed by atoms with Crippen LogP contribution < -0.4 is 10.1 Å². The van der Waals surface area contributed by atoms with Gasteiger partial charge in [0.15, 0.2) is 6.61 Å². The number of rotatable bonds is 7. The molecule has 0 spiro atoms. The molecule has 0 aliphatic carbocycles. The molecule has 0 aliphatic rings. The average molecular weight is 382 g/mol. The Bertz CT molecular complexity index is 764.